The lowest BCUT2D eigenvalue weighted by Gasteiger charge is -2.33. The zero-order chi connectivity index (χ0) is 17.8. The van der Waals surface area contributed by atoms with Crippen molar-refractivity contribution in [2.45, 2.75) is 32.4 Å². The van der Waals surface area contributed by atoms with Crippen molar-refractivity contribution >= 4 is 5.91 Å². The van der Waals surface area contributed by atoms with E-state index < -0.39 is 0 Å². The number of morpholine rings is 1. The molecule has 7 heteroatoms. The number of nitrogens with zero attached hydrogens (tertiary/aromatic N) is 3. The predicted molar refractivity (Wildman–Crippen MR) is 90.1 cm³/mol. The Balaban J connectivity index is 1.84. The van der Waals surface area contributed by atoms with Gasteiger partial charge in [-0.3, -0.25) is 4.79 Å². The normalized spacial score (nSPS) is 17.9. The summed E-state index contributed by atoms with van der Waals surface area (Å²) in [5.74, 6) is 1.05. The summed E-state index contributed by atoms with van der Waals surface area (Å²) in [4.78, 5) is 14.8. The van der Waals surface area contributed by atoms with Crippen LogP contribution in [0.15, 0.2) is 28.7 Å². The van der Waals surface area contributed by atoms with Crippen LogP contribution in [-0.2, 0) is 16.1 Å². The molecule has 3 rings (SSSR count). The second kappa shape index (κ2) is 7.76. The highest BCUT2D eigenvalue weighted by molar-refractivity contribution is 5.94. The average molecular weight is 345 g/mol. The Labute approximate surface area is 146 Å². The Morgan fingerprint density at radius 1 is 1.40 bits per heavy atom. The second-order valence-electron chi connectivity index (χ2n) is 6.36. The van der Waals surface area contributed by atoms with Crippen LogP contribution in [0.2, 0.25) is 0 Å². The largest absolute Gasteiger partial charge is 0.423 e. The number of carbonyl (C=O) groups is 1. The smallest absolute Gasteiger partial charge is 0.254 e. The third-order valence-corrected chi connectivity index (χ3v) is 4.11. The number of carbonyl (C=O) groups excluding carboxylic acids is 1. The van der Waals surface area contributed by atoms with Gasteiger partial charge in [-0.15, -0.1) is 10.2 Å². The molecule has 0 saturated carbocycles. The summed E-state index contributed by atoms with van der Waals surface area (Å²) in [6, 6.07) is 7.09. The van der Waals surface area contributed by atoms with Gasteiger partial charge in [-0.2, -0.15) is 0 Å². The van der Waals surface area contributed by atoms with Crippen LogP contribution in [-0.4, -0.2) is 47.9 Å². The molecule has 0 N–H and O–H groups in total. The molecular weight excluding hydrogens is 322 g/mol. The van der Waals surface area contributed by atoms with Crippen LogP contribution in [0.1, 0.15) is 53.5 Å². The summed E-state index contributed by atoms with van der Waals surface area (Å²) >= 11 is 0. The number of methoxy groups -OCH3 is 1. The van der Waals surface area contributed by atoms with Crippen LogP contribution in [0.25, 0.3) is 0 Å². The predicted octanol–water partition coefficient (Wildman–Crippen LogP) is 2.55. The maximum Gasteiger partial charge on any atom is 0.254 e. The molecule has 1 saturated heterocycles. The van der Waals surface area contributed by atoms with Crippen LogP contribution in [0.5, 0.6) is 0 Å². The summed E-state index contributed by atoms with van der Waals surface area (Å²) < 4.78 is 16.4. The Morgan fingerprint density at radius 2 is 2.24 bits per heavy atom. The lowest BCUT2D eigenvalue weighted by Crippen LogP contribution is -2.43. The van der Waals surface area contributed by atoms with Gasteiger partial charge in [-0.25, -0.2) is 0 Å². The van der Waals surface area contributed by atoms with Crippen molar-refractivity contribution in [3.05, 3.63) is 47.2 Å². The van der Waals surface area contributed by atoms with E-state index in [0.717, 1.165) is 5.56 Å². The van der Waals surface area contributed by atoms with Crippen LogP contribution in [0.4, 0.5) is 0 Å². The number of benzene rings is 1. The minimum Gasteiger partial charge on any atom is -0.423 e. The molecule has 0 aliphatic carbocycles. The monoisotopic (exact) mass is 345 g/mol. The number of rotatable bonds is 5. The van der Waals surface area contributed by atoms with E-state index in [1.807, 2.05) is 32.0 Å². The number of hydrogen-bond acceptors (Lipinski definition) is 6. The van der Waals surface area contributed by atoms with E-state index in [2.05, 4.69) is 10.2 Å². The fourth-order valence-electron chi connectivity index (χ4n) is 2.79. The molecule has 0 unspecified atom stereocenters. The minimum atomic E-state index is -0.368. The van der Waals surface area contributed by atoms with Crippen molar-refractivity contribution in [2.75, 3.05) is 26.9 Å². The standard InChI is InChI=1S/C18H23N3O4/c1-12(2)16-19-20-17(25-16)15-11-24-8-7-21(15)18(22)14-6-4-5-13(9-14)10-23-3/h4-6,9,12,15H,7-8,10-11H2,1-3H3/t15-/m1/s1. The highest BCUT2D eigenvalue weighted by atomic mass is 16.5. The number of aromatic nitrogens is 2. The van der Waals surface area contributed by atoms with E-state index in [4.69, 9.17) is 13.9 Å². The quantitative estimate of drug-likeness (QED) is 0.829. The summed E-state index contributed by atoms with van der Waals surface area (Å²) in [5.41, 5.74) is 1.57. The summed E-state index contributed by atoms with van der Waals surface area (Å²) in [6.45, 7) is 5.76. The first-order valence-corrected chi connectivity index (χ1v) is 8.40. The summed E-state index contributed by atoms with van der Waals surface area (Å²) in [5, 5.41) is 8.19. The van der Waals surface area contributed by atoms with Crippen molar-refractivity contribution < 1.29 is 18.7 Å². The molecule has 7 nitrogen and oxygen atoms in total. The third kappa shape index (κ3) is 3.88. The van der Waals surface area contributed by atoms with E-state index in [-0.39, 0.29) is 17.9 Å². The number of amides is 1. The van der Waals surface area contributed by atoms with Gasteiger partial charge in [0.05, 0.1) is 19.8 Å². The molecule has 1 amide bonds. The van der Waals surface area contributed by atoms with Crippen LogP contribution in [0.3, 0.4) is 0 Å². The van der Waals surface area contributed by atoms with Gasteiger partial charge >= 0.3 is 0 Å². The molecule has 25 heavy (non-hydrogen) atoms. The molecule has 0 radical (unpaired) electrons. The summed E-state index contributed by atoms with van der Waals surface area (Å²) in [7, 11) is 1.63. The van der Waals surface area contributed by atoms with Gasteiger partial charge in [0.2, 0.25) is 11.8 Å². The number of hydrogen-bond donors (Lipinski definition) is 0. The fraction of sp³-hybridized carbons (Fsp3) is 0.500. The molecule has 0 bridgehead atoms. The van der Waals surface area contributed by atoms with Gasteiger partial charge in [0.15, 0.2) is 0 Å². The van der Waals surface area contributed by atoms with Crippen LogP contribution in [0, 0.1) is 0 Å². The van der Waals surface area contributed by atoms with E-state index in [9.17, 15) is 4.79 Å². The molecule has 1 atom stereocenters. The molecule has 0 spiro atoms. The van der Waals surface area contributed by atoms with Crippen molar-refractivity contribution in [2.24, 2.45) is 0 Å². The van der Waals surface area contributed by atoms with Gasteiger partial charge in [0.1, 0.15) is 6.04 Å². The SMILES string of the molecule is COCc1cccc(C(=O)N2CCOC[C@@H]2c2nnc(C(C)C)o2)c1. The molecule has 1 aliphatic rings. The van der Waals surface area contributed by atoms with Gasteiger partial charge in [0.25, 0.3) is 5.91 Å². The van der Waals surface area contributed by atoms with E-state index in [1.165, 1.54) is 0 Å². The van der Waals surface area contributed by atoms with Gasteiger partial charge < -0.3 is 18.8 Å². The first-order valence-electron chi connectivity index (χ1n) is 8.40. The lowest BCUT2D eigenvalue weighted by molar-refractivity contribution is -0.0107. The molecule has 1 aromatic carbocycles. The molecular formula is C18H23N3O4. The molecule has 134 valence electrons. The average Bonchev–Trinajstić information content (AvgIpc) is 3.12. The van der Waals surface area contributed by atoms with Gasteiger partial charge in [-0.05, 0) is 17.7 Å². The Kier molecular flexibility index (Phi) is 5.45. The van der Waals surface area contributed by atoms with E-state index in [1.54, 1.807) is 18.1 Å². The third-order valence-electron chi connectivity index (χ3n) is 4.11. The van der Waals surface area contributed by atoms with Crippen molar-refractivity contribution in [1.82, 2.24) is 15.1 Å². The fourth-order valence-corrected chi connectivity index (χ4v) is 2.79. The van der Waals surface area contributed by atoms with E-state index >= 15 is 0 Å². The van der Waals surface area contributed by atoms with Gasteiger partial charge in [-0.1, -0.05) is 26.0 Å². The van der Waals surface area contributed by atoms with Crippen molar-refractivity contribution in [3.8, 4) is 0 Å². The van der Waals surface area contributed by atoms with E-state index in [0.29, 0.717) is 43.7 Å². The number of ether oxygens (including phenoxy) is 2. The van der Waals surface area contributed by atoms with Crippen LogP contribution < -0.4 is 0 Å². The first-order chi connectivity index (χ1) is 12.1. The van der Waals surface area contributed by atoms with Gasteiger partial charge in [0, 0.05) is 25.1 Å². The second-order valence-corrected chi connectivity index (χ2v) is 6.36. The molecule has 1 aromatic heterocycles. The highest BCUT2D eigenvalue weighted by Crippen LogP contribution is 2.26. The topological polar surface area (TPSA) is 77.7 Å². The maximum atomic E-state index is 13.0. The molecule has 1 fully saturated rings. The van der Waals surface area contributed by atoms with Crippen LogP contribution >= 0.6 is 0 Å². The lowest BCUT2D eigenvalue weighted by atomic mass is 10.1. The zero-order valence-corrected chi connectivity index (χ0v) is 14.8. The summed E-state index contributed by atoms with van der Waals surface area (Å²) in [6.07, 6.45) is 0. The maximum absolute atomic E-state index is 13.0. The highest BCUT2D eigenvalue weighted by Gasteiger charge is 2.33. The Bertz CT molecular complexity index is 729. The Morgan fingerprint density at radius 3 is 2.96 bits per heavy atom. The first kappa shape index (κ1) is 17.6. The zero-order valence-electron chi connectivity index (χ0n) is 14.8. The van der Waals surface area contributed by atoms with Crippen molar-refractivity contribution in [1.29, 1.82) is 0 Å². The minimum absolute atomic E-state index is 0.0736. The van der Waals surface area contributed by atoms with Crippen molar-refractivity contribution in [3.63, 3.8) is 0 Å². The molecule has 2 heterocycles. The Hall–Kier alpha value is -2.25. The molecule has 1 aliphatic heterocycles. The molecule has 2 aromatic rings.